The third-order valence-corrected chi connectivity index (χ3v) is 6.22. The molecule has 2 heterocycles. The minimum atomic E-state index is 0.0804. The molecule has 2 aromatic carbocycles. The molecule has 2 atom stereocenters. The predicted molar refractivity (Wildman–Crippen MR) is 107 cm³/mol. The average Bonchev–Trinajstić information content (AvgIpc) is 3.08. The lowest BCUT2D eigenvalue weighted by molar-refractivity contribution is -0.929. The number of benzene rings is 2. The Labute approximate surface area is 157 Å². The Kier molecular flexibility index (Phi) is 5.00. The van der Waals surface area contributed by atoms with Crippen LogP contribution in [0.1, 0.15) is 35.9 Å². The van der Waals surface area contributed by atoms with Gasteiger partial charge in [-0.3, -0.25) is 4.79 Å². The van der Waals surface area contributed by atoms with Crippen LogP contribution >= 0.6 is 11.3 Å². The number of fused-ring (bicyclic) bond motifs is 1. The maximum atomic E-state index is 12.6. The number of aromatic nitrogens is 1. The van der Waals surface area contributed by atoms with E-state index in [1.54, 1.807) is 11.3 Å². The van der Waals surface area contributed by atoms with E-state index in [0.29, 0.717) is 12.6 Å². The molecule has 1 unspecified atom stereocenters. The third kappa shape index (κ3) is 3.79. The number of amides is 1. The summed E-state index contributed by atoms with van der Waals surface area (Å²) >= 11 is 1.78. The van der Waals surface area contributed by atoms with Gasteiger partial charge in [0.05, 0.1) is 16.8 Å². The molecule has 1 fully saturated rings. The molecular weight excluding hydrogens is 342 g/mol. The number of anilines is 1. The molecule has 134 valence electrons. The Balaban J connectivity index is 1.48. The van der Waals surface area contributed by atoms with Crippen molar-refractivity contribution in [3.05, 3.63) is 59.1 Å². The van der Waals surface area contributed by atoms with Crippen molar-refractivity contribution in [3.8, 4) is 0 Å². The van der Waals surface area contributed by atoms with E-state index in [0.717, 1.165) is 24.2 Å². The second kappa shape index (κ2) is 7.56. The van der Waals surface area contributed by atoms with Crippen molar-refractivity contribution in [2.24, 2.45) is 0 Å². The van der Waals surface area contributed by atoms with Gasteiger partial charge in [0, 0.05) is 12.1 Å². The maximum Gasteiger partial charge on any atom is 0.279 e. The van der Waals surface area contributed by atoms with Gasteiger partial charge in [-0.15, -0.1) is 11.3 Å². The Morgan fingerprint density at radius 1 is 1.19 bits per heavy atom. The van der Waals surface area contributed by atoms with E-state index in [2.05, 4.69) is 23.5 Å². The zero-order valence-corrected chi connectivity index (χ0v) is 15.8. The first-order valence-corrected chi connectivity index (χ1v) is 10.1. The molecule has 5 heteroatoms. The van der Waals surface area contributed by atoms with E-state index < -0.39 is 0 Å². The maximum absolute atomic E-state index is 12.6. The second-order valence-electron chi connectivity index (χ2n) is 7.07. The Hall–Kier alpha value is -2.24. The van der Waals surface area contributed by atoms with Crippen LogP contribution in [0.4, 0.5) is 5.69 Å². The van der Waals surface area contributed by atoms with E-state index >= 15 is 0 Å². The van der Waals surface area contributed by atoms with Gasteiger partial charge < -0.3 is 10.2 Å². The lowest BCUT2D eigenvalue weighted by Crippen LogP contribution is -3.14. The summed E-state index contributed by atoms with van der Waals surface area (Å²) in [5, 5.41) is 4.21. The summed E-state index contributed by atoms with van der Waals surface area (Å²) in [4.78, 5) is 18.8. The van der Waals surface area contributed by atoms with E-state index in [1.165, 1.54) is 33.0 Å². The van der Waals surface area contributed by atoms with Gasteiger partial charge in [-0.1, -0.05) is 29.8 Å². The number of rotatable bonds is 4. The van der Waals surface area contributed by atoms with E-state index in [9.17, 15) is 4.79 Å². The van der Waals surface area contributed by atoms with Crippen molar-refractivity contribution in [2.75, 3.05) is 18.4 Å². The average molecular weight is 367 g/mol. The highest BCUT2D eigenvalue weighted by Gasteiger charge is 2.31. The smallest absolute Gasteiger partial charge is 0.279 e. The van der Waals surface area contributed by atoms with Crippen molar-refractivity contribution >= 4 is 33.1 Å². The number of hydrogen-bond acceptors (Lipinski definition) is 3. The zero-order chi connectivity index (χ0) is 17.9. The molecule has 0 saturated carbocycles. The van der Waals surface area contributed by atoms with Crippen LogP contribution < -0.4 is 10.2 Å². The molecule has 0 bridgehead atoms. The fraction of sp³-hybridized carbons (Fsp3) is 0.333. The van der Waals surface area contributed by atoms with Crippen LogP contribution in [0.2, 0.25) is 0 Å². The molecule has 1 aromatic heterocycles. The van der Waals surface area contributed by atoms with Gasteiger partial charge in [0.2, 0.25) is 0 Å². The van der Waals surface area contributed by atoms with Crippen LogP contribution in [-0.2, 0) is 4.79 Å². The minimum Gasteiger partial charge on any atom is -0.321 e. The van der Waals surface area contributed by atoms with E-state index in [1.807, 2.05) is 37.3 Å². The molecule has 0 spiro atoms. The first-order chi connectivity index (χ1) is 12.7. The van der Waals surface area contributed by atoms with Crippen molar-refractivity contribution < 1.29 is 9.69 Å². The topological polar surface area (TPSA) is 46.4 Å². The molecule has 0 radical (unpaired) electrons. The summed E-state index contributed by atoms with van der Waals surface area (Å²) in [6.45, 7) is 3.57. The molecule has 1 aliphatic heterocycles. The normalized spacial score (nSPS) is 20.2. The lowest BCUT2D eigenvalue weighted by Gasteiger charge is -2.30. The molecule has 3 aromatic rings. The summed E-state index contributed by atoms with van der Waals surface area (Å²) in [6.07, 6.45) is 3.49. The number of para-hydroxylation sites is 1. The second-order valence-corrected chi connectivity index (χ2v) is 8.13. The highest BCUT2D eigenvalue weighted by atomic mass is 32.1. The van der Waals surface area contributed by atoms with E-state index in [4.69, 9.17) is 4.98 Å². The van der Waals surface area contributed by atoms with Gasteiger partial charge in [0.1, 0.15) is 6.04 Å². The summed E-state index contributed by atoms with van der Waals surface area (Å²) in [6, 6.07) is 16.6. The van der Waals surface area contributed by atoms with Crippen LogP contribution in [-0.4, -0.2) is 24.0 Å². The fourth-order valence-corrected chi connectivity index (χ4v) is 4.84. The first-order valence-electron chi connectivity index (χ1n) is 9.25. The van der Waals surface area contributed by atoms with Crippen LogP contribution in [0.15, 0.2) is 48.5 Å². The number of quaternary nitrogens is 1. The largest absolute Gasteiger partial charge is 0.321 e. The number of hydrogen-bond donors (Lipinski definition) is 2. The van der Waals surface area contributed by atoms with Crippen LogP contribution in [0, 0.1) is 6.92 Å². The van der Waals surface area contributed by atoms with Gasteiger partial charge >= 0.3 is 0 Å². The molecule has 1 amide bonds. The van der Waals surface area contributed by atoms with Gasteiger partial charge in [0.25, 0.3) is 5.91 Å². The molecule has 4 nitrogen and oxygen atoms in total. The van der Waals surface area contributed by atoms with Crippen molar-refractivity contribution in [1.29, 1.82) is 0 Å². The molecule has 26 heavy (non-hydrogen) atoms. The zero-order valence-electron chi connectivity index (χ0n) is 15.0. The summed E-state index contributed by atoms with van der Waals surface area (Å²) in [7, 11) is 0. The number of aryl methyl sites for hydroxylation is 1. The lowest BCUT2D eigenvalue weighted by atomic mass is 10.0. The number of likely N-dealkylation sites (tertiary alicyclic amines) is 1. The van der Waals surface area contributed by atoms with Gasteiger partial charge in [-0.2, -0.15) is 0 Å². The predicted octanol–water partition coefficient (Wildman–Crippen LogP) is 3.35. The van der Waals surface area contributed by atoms with Crippen molar-refractivity contribution in [3.63, 3.8) is 0 Å². The molecule has 2 N–H and O–H groups in total. The number of carbonyl (C=O) groups is 1. The SMILES string of the molecule is Cc1ccc(NC(=O)C[NH+]2CCCC[C@H]2c2nc3ccccc3s2)cc1. The highest BCUT2D eigenvalue weighted by Crippen LogP contribution is 2.28. The number of nitrogens with one attached hydrogen (secondary N) is 2. The van der Waals surface area contributed by atoms with E-state index in [-0.39, 0.29) is 5.91 Å². The summed E-state index contributed by atoms with van der Waals surface area (Å²) < 4.78 is 1.23. The molecule has 0 aliphatic carbocycles. The van der Waals surface area contributed by atoms with Gasteiger partial charge in [0.15, 0.2) is 11.6 Å². The molecular formula is C21H24N3OS+. The first kappa shape index (κ1) is 17.2. The Morgan fingerprint density at radius 3 is 2.81 bits per heavy atom. The van der Waals surface area contributed by atoms with Crippen molar-refractivity contribution in [1.82, 2.24) is 4.98 Å². The van der Waals surface area contributed by atoms with Gasteiger partial charge in [-0.05, 0) is 44.0 Å². The van der Waals surface area contributed by atoms with Crippen LogP contribution in [0.5, 0.6) is 0 Å². The summed E-state index contributed by atoms with van der Waals surface area (Å²) in [5.74, 6) is 0.0804. The minimum absolute atomic E-state index is 0.0804. The van der Waals surface area contributed by atoms with Crippen LogP contribution in [0.25, 0.3) is 10.2 Å². The van der Waals surface area contributed by atoms with Crippen molar-refractivity contribution in [2.45, 2.75) is 32.2 Å². The monoisotopic (exact) mass is 366 g/mol. The van der Waals surface area contributed by atoms with Crippen LogP contribution in [0.3, 0.4) is 0 Å². The fourth-order valence-electron chi connectivity index (χ4n) is 3.68. The summed E-state index contributed by atoms with van der Waals surface area (Å²) in [5.41, 5.74) is 3.13. The molecule has 4 rings (SSSR count). The quantitative estimate of drug-likeness (QED) is 0.744. The standard InChI is InChI=1S/C21H23N3OS/c1-15-9-11-16(12-10-15)22-20(25)14-24-13-5-4-7-18(24)21-23-17-6-2-3-8-19(17)26-21/h2-3,6,8-12,18H,4-5,7,13-14H2,1H3,(H,22,25)/p+1/t18-/m0/s1. The highest BCUT2D eigenvalue weighted by molar-refractivity contribution is 7.18. The molecule has 1 saturated heterocycles. The third-order valence-electron chi connectivity index (χ3n) is 5.06. The van der Waals surface area contributed by atoms with Gasteiger partial charge in [-0.25, -0.2) is 4.98 Å². The number of nitrogens with zero attached hydrogens (tertiary/aromatic N) is 1. The number of thiazole rings is 1. The Bertz CT molecular complexity index is 870. The number of piperidine rings is 1. The Morgan fingerprint density at radius 2 is 2.00 bits per heavy atom. The number of carbonyl (C=O) groups excluding carboxylic acids is 1. The molecule has 1 aliphatic rings.